The third-order valence-corrected chi connectivity index (χ3v) is 4.36. The van der Waals surface area contributed by atoms with Crippen molar-refractivity contribution in [1.82, 2.24) is 4.90 Å². The molecule has 0 unspecified atom stereocenters. The Morgan fingerprint density at radius 2 is 2.33 bits per heavy atom. The summed E-state index contributed by atoms with van der Waals surface area (Å²) in [6, 6.07) is 8.65. The molecule has 1 aliphatic carbocycles. The zero-order valence-electron chi connectivity index (χ0n) is 10.7. The van der Waals surface area contributed by atoms with Crippen molar-refractivity contribution in [2.24, 2.45) is 5.92 Å². The maximum Gasteiger partial charge on any atom is 0.122 e. The summed E-state index contributed by atoms with van der Waals surface area (Å²) >= 11 is 0. The molecule has 0 radical (unpaired) electrons. The summed E-state index contributed by atoms with van der Waals surface area (Å²) in [6.07, 6.45) is 2.33. The molecule has 3 nitrogen and oxygen atoms in total. The minimum absolute atomic E-state index is 0.562. The van der Waals surface area contributed by atoms with Crippen LogP contribution in [0.1, 0.15) is 23.5 Å². The molecule has 1 aliphatic heterocycles. The Balaban J connectivity index is 1.92. The van der Waals surface area contributed by atoms with Crippen LogP contribution in [0, 0.1) is 17.2 Å². The van der Waals surface area contributed by atoms with Gasteiger partial charge >= 0.3 is 0 Å². The van der Waals surface area contributed by atoms with Gasteiger partial charge in [-0.05, 0) is 36.0 Å². The van der Waals surface area contributed by atoms with E-state index in [1.165, 1.54) is 17.5 Å². The Morgan fingerprint density at radius 1 is 1.44 bits per heavy atom. The van der Waals surface area contributed by atoms with Gasteiger partial charge < -0.3 is 4.74 Å². The molecule has 2 atom stereocenters. The first-order chi connectivity index (χ1) is 8.83. The van der Waals surface area contributed by atoms with Crippen LogP contribution < -0.4 is 4.74 Å². The van der Waals surface area contributed by atoms with Gasteiger partial charge in [-0.15, -0.1) is 0 Å². The lowest BCUT2D eigenvalue weighted by molar-refractivity contribution is 0.356. The van der Waals surface area contributed by atoms with E-state index >= 15 is 0 Å². The molecule has 1 fully saturated rings. The molecule has 0 saturated carbocycles. The Hall–Kier alpha value is -1.53. The molecule has 3 heteroatoms. The molecule has 3 rings (SSSR count). The van der Waals surface area contributed by atoms with Crippen LogP contribution in [0.3, 0.4) is 0 Å². The molecule has 18 heavy (non-hydrogen) atoms. The van der Waals surface area contributed by atoms with E-state index in [9.17, 15) is 0 Å². The van der Waals surface area contributed by atoms with Gasteiger partial charge in [-0.3, -0.25) is 4.90 Å². The van der Waals surface area contributed by atoms with Gasteiger partial charge in [0, 0.05) is 19.0 Å². The first kappa shape index (κ1) is 11.6. The normalized spacial score (nSPS) is 26.2. The van der Waals surface area contributed by atoms with Gasteiger partial charge in [0.25, 0.3) is 0 Å². The molecule has 0 amide bonds. The second-order valence-corrected chi connectivity index (χ2v) is 5.29. The molecule has 1 saturated heterocycles. The number of hydrogen-bond donors (Lipinski definition) is 0. The van der Waals surface area contributed by atoms with E-state index in [-0.39, 0.29) is 0 Å². The Kier molecular flexibility index (Phi) is 2.97. The Bertz CT molecular complexity index is 492. The molecule has 1 heterocycles. The summed E-state index contributed by atoms with van der Waals surface area (Å²) in [6.45, 7) is 2.67. The van der Waals surface area contributed by atoms with Crippen LogP contribution in [0.4, 0.5) is 0 Å². The van der Waals surface area contributed by atoms with E-state index in [4.69, 9.17) is 10.00 Å². The van der Waals surface area contributed by atoms with E-state index in [0.29, 0.717) is 12.5 Å². The predicted octanol–water partition coefficient (Wildman–Crippen LogP) is 2.18. The Labute approximate surface area is 108 Å². The summed E-state index contributed by atoms with van der Waals surface area (Å²) in [5.41, 5.74) is 2.84. The van der Waals surface area contributed by atoms with Gasteiger partial charge in [0.1, 0.15) is 5.75 Å². The fraction of sp³-hybridized carbons (Fsp3) is 0.533. The van der Waals surface area contributed by atoms with Gasteiger partial charge in [0.15, 0.2) is 0 Å². The lowest BCUT2D eigenvalue weighted by Gasteiger charge is -2.28. The number of hydrogen-bond acceptors (Lipinski definition) is 3. The zero-order chi connectivity index (χ0) is 12.5. The molecule has 1 aromatic rings. The van der Waals surface area contributed by atoms with Crippen molar-refractivity contribution in [3.63, 3.8) is 0 Å². The molecule has 1 aromatic carbocycles. The minimum atomic E-state index is 0.562. The van der Waals surface area contributed by atoms with Crippen molar-refractivity contribution in [2.45, 2.75) is 18.8 Å². The van der Waals surface area contributed by atoms with Crippen LogP contribution in [0.25, 0.3) is 0 Å². The summed E-state index contributed by atoms with van der Waals surface area (Å²) in [7, 11) is 1.75. The summed E-state index contributed by atoms with van der Waals surface area (Å²) in [4.78, 5) is 2.28. The van der Waals surface area contributed by atoms with E-state index in [2.05, 4.69) is 29.2 Å². The van der Waals surface area contributed by atoms with Crippen LogP contribution in [0.15, 0.2) is 18.2 Å². The third kappa shape index (κ3) is 1.77. The van der Waals surface area contributed by atoms with E-state index in [1.807, 2.05) is 0 Å². The monoisotopic (exact) mass is 242 g/mol. The van der Waals surface area contributed by atoms with Crippen molar-refractivity contribution in [2.75, 3.05) is 26.7 Å². The van der Waals surface area contributed by atoms with Crippen LogP contribution in [0.5, 0.6) is 5.75 Å². The second-order valence-electron chi connectivity index (χ2n) is 5.29. The fourth-order valence-electron chi connectivity index (χ4n) is 3.55. The van der Waals surface area contributed by atoms with Crippen LogP contribution in [-0.4, -0.2) is 31.6 Å². The SMILES string of the molecule is COc1cccc2c1CC[C@H]1CN(CC#N)C[C@@H]21. The van der Waals surface area contributed by atoms with Crippen molar-refractivity contribution >= 4 is 0 Å². The lowest BCUT2D eigenvalue weighted by atomic mass is 9.77. The molecule has 94 valence electrons. The maximum absolute atomic E-state index is 8.83. The van der Waals surface area contributed by atoms with Crippen molar-refractivity contribution in [3.8, 4) is 11.8 Å². The van der Waals surface area contributed by atoms with Gasteiger partial charge in [-0.2, -0.15) is 5.26 Å². The highest BCUT2D eigenvalue weighted by Gasteiger charge is 2.37. The van der Waals surface area contributed by atoms with E-state index in [1.54, 1.807) is 7.11 Å². The largest absolute Gasteiger partial charge is 0.496 e. The standard InChI is InChI=1S/C15H18N2O/c1-18-15-4-2-3-12-13(15)6-5-11-9-17(8-7-16)10-14(11)12/h2-4,11,14H,5-6,8-10H2,1H3/t11-,14+/m0/s1. The molecule has 0 N–H and O–H groups in total. The number of nitrogens with zero attached hydrogens (tertiary/aromatic N) is 2. The first-order valence-corrected chi connectivity index (χ1v) is 6.58. The summed E-state index contributed by atoms with van der Waals surface area (Å²) < 4.78 is 5.47. The van der Waals surface area contributed by atoms with Gasteiger partial charge in [-0.1, -0.05) is 12.1 Å². The average molecular weight is 242 g/mol. The zero-order valence-corrected chi connectivity index (χ0v) is 10.7. The molecule has 0 aromatic heterocycles. The van der Waals surface area contributed by atoms with Crippen molar-refractivity contribution in [1.29, 1.82) is 5.26 Å². The first-order valence-electron chi connectivity index (χ1n) is 6.58. The predicted molar refractivity (Wildman–Crippen MR) is 69.6 cm³/mol. The summed E-state index contributed by atoms with van der Waals surface area (Å²) in [5.74, 6) is 2.35. The van der Waals surface area contributed by atoms with Gasteiger partial charge in [0.2, 0.25) is 0 Å². The molecular formula is C15H18N2O. The fourth-order valence-corrected chi connectivity index (χ4v) is 3.55. The number of likely N-dealkylation sites (tertiary alicyclic amines) is 1. The van der Waals surface area contributed by atoms with Crippen molar-refractivity contribution in [3.05, 3.63) is 29.3 Å². The van der Waals surface area contributed by atoms with Crippen LogP contribution >= 0.6 is 0 Å². The number of ether oxygens (including phenoxy) is 1. The highest BCUT2D eigenvalue weighted by Crippen LogP contribution is 2.43. The topological polar surface area (TPSA) is 36.3 Å². The van der Waals surface area contributed by atoms with Crippen molar-refractivity contribution < 1.29 is 4.74 Å². The van der Waals surface area contributed by atoms with Gasteiger partial charge in [-0.25, -0.2) is 0 Å². The number of benzene rings is 1. The van der Waals surface area contributed by atoms with E-state index < -0.39 is 0 Å². The molecule has 0 spiro atoms. The highest BCUT2D eigenvalue weighted by molar-refractivity contribution is 5.44. The van der Waals surface area contributed by atoms with Crippen LogP contribution in [-0.2, 0) is 6.42 Å². The second kappa shape index (κ2) is 4.62. The Morgan fingerprint density at radius 3 is 3.11 bits per heavy atom. The number of methoxy groups -OCH3 is 1. The minimum Gasteiger partial charge on any atom is -0.496 e. The maximum atomic E-state index is 8.83. The smallest absolute Gasteiger partial charge is 0.122 e. The van der Waals surface area contributed by atoms with Gasteiger partial charge in [0.05, 0.1) is 19.7 Å². The summed E-state index contributed by atoms with van der Waals surface area (Å²) in [5, 5.41) is 8.83. The molecular weight excluding hydrogens is 224 g/mol. The number of fused-ring (bicyclic) bond motifs is 3. The quantitative estimate of drug-likeness (QED) is 0.746. The third-order valence-electron chi connectivity index (χ3n) is 4.36. The molecule has 2 aliphatic rings. The van der Waals surface area contributed by atoms with Crippen LogP contribution in [0.2, 0.25) is 0 Å². The van der Waals surface area contributed by atoms with E-state index in [0.717, 1.165) is 31.2 Å². The average Bonchev–Trinajstić information content (AvgIpc) is 2.81. The lowest BCUT2D eigenvalue weighted by Crippen LogP contribution is -2.20. The number of rotatable bonds is 2. The molecule has 0 bridgehead atoms. The number of nitriles is 1. The highest BCUT2D eigenvalue weighted by atomic mass is 16.5.